The van der Waals surface area contributed by atoms with Crippen molar-refractivity contribution in [3.05, 3.63) is 30.1 Å². The van der Waals surface area contributed by atoms with Gasteiger partial charge in [0.1, 0.15) is 0 Å². The van der Waals surface area contributed by atoms with E-state index in [-0.39, 0.29) is 37.2 Å². The van der Waals surface area contributed by atoms with E-state index in [1.54, 1.807) is 0 Å². The Labute approximate surface area is 128 Å². The minimum atomic E-state index is 0. The van der Waals surface area contributed by atoms with E-state index in [0.717, 1.165) is 19.0 Å². The Morgan fingerprint density at radius 3 is 2.17 bits per heavy atom. The smallest absolute Gasteiger partial charge is 0.0271 e. The lowest BCUT2D eigenvalue weighted by atomic mass is 9.97. The Morgan fingerprint density at radius 2 is 1.67 bits per heavy atom. The second kappa shape index (κ2) is 10.8. The molecule has 0 spiro atoms. The zero-order valence-electron chi connectivity index (χ0n) is 10.3. The van der Waals surface area contributed by atoms with E-state index >= 15 is 0 Å². The number of aromatic nitrogens is 1. The summed E-state index contributed by atoms with van der Waals surface area (Å²) >= 11 is 0. The third-order valence-electron chi connectivity index (χ3n) is 3.20. The van der Waals surface area contributed by atoms with Crippen LogP contribution in [0.1, 0.15) is 18.4 Å². The highest BCUT2D eigenvalue weighted by Crippen LogP contribution is 2.17. The summed E-state index contributed by atoms with van der Waals surface area (Å²) in [4.78, 5) is 6.53. The van der Waals surface area contributed by atoms with E-state index in [2.05, 4.69) is 22.0 Å². The number of nitrogens with zero attached hydrogens (tertiary/aromatic N) is 2. The molecule has 1 aliphatic heterocycles. The van der Waals surface area contributed by atoms with E-state index in [1.165, 1.54) is 31.5 Å². The van der Waals surface area contributed by atoms with Gasteiger partial charge in [-0.3, -0.25) is 9.88 Å². The molecule has 6 heteroatoms. The van der Waals surface area contributed by atoms with Crippen molar-refractivity contribution in [3.8, 4) is 0 Å². The van der Waals surface area contributed by atoms with Crippen LogP contribution in [0.25, 0.3) is 0 Å². The molecule has 106 valence electrons. The molecule has 0 bridgehead atoms. The van der Waals surface area contributed by atoms with Crippen LogP contribution in [0.3, 0.4) is 0 Å². The molecule has 0 aliphatic carbocycles. The van der Waals surface area contributed by atoms with Crippen molar-refractivity contribution >= 4 is 37.2 Å². The van der Waals surface area contributed by atoms with Crippen molar-refractivity contribution in [2.45, 2.75) is 19.4 Å². The van der Waals surface area contributed by atoms with Crippen molar-refractivity contribution < 1.29 is 0 Å². The van der Waals surface area contributed by atoms with Crippen molar-refractivity contribution in [2.24, 2.45) is 11.7 Å². The molecule has 1 saturated heterocycles. The summed E-state index contributed by atoms with van der Waals surface area (Å²) in [6, 6.07) is 4.18. The van der Waals surface area contributed by atoms with Crippen LogP contribution in [0.4, 0.5) is 0 Å². The van der Waals surface area contributed by atoms with Gasteiger partial charge >= 0.3 is 0 Å². The first-order valence-corrected chi connectivity index (χ1v) is 5.70. The van der Waals surface area contributed by atoms with Gasteiger partial charge in [-0.15, -0.1) is 37.2 Å². The summed E-state index contributed by atoms with van der Waals surface area (Å²) in [6.07, 6.45) is 6.23. The Hall–Kier alpha value is -0.0600. The fourth-order valence-corrected chi connectivity index (χ4v) is 2.13. The Bertz CT molecular complexity index is 290. The van der Waals surface area contributed by atoms with Crippen molar-refractivity contribution in [1.29, 1.82) is 0 Å². The Morgan fingerprint density at radius 1 is 1.11 bits per heavy atom. The fourth-order valence-electron chi connectivity index (χ4n) is 2.13. The van der Waals surface area contributed by atoms with E-state index in [0.29, 0.717) is 0 Å². The Kier molecular flexibility index (Phi) is 12.2. The molecule has 0 unspecified atom stereocenters. The number of halogens is 3. The molecular weight excluding hydrogens is 293 g/mol. The summed E-state index contributed by atoms with van der Waals surface area (Å²) < 4.78 is 0. The highest BCUT2D eigenvalue weighted by molar-refractivity contribution is 5.86. The number of nitrogens with two attached hydrogens (primary N) is 1. The first-order valence-electron chi connectivity index (χ1n) is 5.70. The van der Waals surface area contributed by atoms with Gasteiger partial charge in [0.25, 0.3) is 0 Å². The molecule has 0 aromatic carbocycles. The first kappa shape index (κ1) is 20.3. The third-order valence-corrected chi connectivity index (χ3v) is 3.20. The van der Waals surface area contributed by atoms with E-state index in [4.69, 9.17) is 5.73 Å². The van der Waals surface area contributed by atoms with E-state index in [9.17, 15) is 0 Å². The van der Waals surface area contributed by atoms with Crippen LogP contribution in [-0.2, 0) is 6.54 Å². The van der Waals surface area contributed by atoms with E-state index in [1.807, 2.05) is 12.4 Å². The summed E-state index contributed by atoms with van der Waals surface area (Å²) in [7, 11) is 0. The SMILES string of the molecule is Cl.Cl.Cl.NCC1CCN(Cc2ccncc2)CC1. The molecule has 1 aromatic rings. The standard InChI is InChI=1S/C12H19N3.3ClH/c13-9-11-3-7-15(8-4-11)10-12-1-5-14-6-2-12;;;/h1-2,5-6,11H,3-4,7-10,13H2;3*1H. The van der Waals surface area contributed by atoms with Crippen LogP contribution in [0.5, 0.6) is 0 Å². The van der Waals surface area contributed by atoms with Gasteiger partial charge in [-0.1, -0.05) is 0 Å². The van der Waals surface area contributed by atoms with Gasteiger partial charge in [0.15, 0.2) is 0 Å². The monoisotopic (exact) mass is 313 g/mol. The lowest BCUT2D eigenvalue weighted by Crippen LogP contribution is -2.35. The molecule has 2 heterocycles. The molecule has 2 N–H and O–H groups in total. The normalized spacial score (nSPS) is 16.1. The van der Waals surface area contributed by atoms with Gasteiger partial charge in [0.2, 0.25) is 0 Å². The van der Waals surface area contributed by atoms with E-state index < -0.39 is 0 Å². The van der Waals surface area contributed by atoms with Gasteiger partial charge in [-0.05, 0) is 56.1 Å². The van der Waals surface area contributed by atoms with Crippen LogP contribution in [-0.4, -0.2) is 29.5 Å². The minimum Gasteiger partial charge on any atom is -0.330 e. The quantitative estimate of drug-likeness (QED) is 0.932. The van der Waals surface area contributed by atoms with Crippen LogP contribution in [0.15, 0.2) is 24.5 Å². The lowest BCUT2D eigenvalue weighted by molar-refractivity contribution is 0.180. The molecule has 0 saturated carbocycles. The predicted molar refractivity (Wildman–Crippen MR) is 83.0 cm³/mol. The number of piperidine rings is 1. The maximum absolute atomic E-state index is 5.67. The second-order valence-corrected chi connectivity index (χ2v) is 4.31. The third kappa shape index (κ3) is 6.21. The zero-order chi connectivity index (χ0) is 10.5. The maximum Gasteiger partial charge on any atom is 0.0271 e. The number of rotatable bonds is 3. The van der Waals surface area contributed by atoms with Gasteiger partial charge in [-0.2, -0.15) is 0 Å². The molecule has 1 aromatic heterocycles. The number of hydrogen-bond acceptors (Lipinski definition) is 3. The largest absolute Gasteiger partial charge is 0.330 e. The summed E-state index contributed by atoms with van der Waals surface area (Å²) in [5.74, 6) is 0.749. The Balaban J connectivity index is 0. The molecule has 0 atom stereocenters. The second-order valence-electron chi connectivity index (χ2n) is 4.31. The molecule has 0 amide bonds. The topological polar surface area (TPSA) is 42.1 Å². The van der Waals surface area contributed by atoms with Crippen LogP contribution >= 0.6 is 37.2 Å². The molecule has 0 radical (unpaired) electrons. The van der Waals surface area contributed by atoms with Gasteiger partial charge in [-0.25, -0.2) is 0 Å². The lowest BCUT2D eigenvalue weighted by Gasteiger charge is -2.31. The number of hydrogen-bond donors (Lipinski definition) is 1. The molecular formula is C12H22Cl3N3. The highest BCUT2D eigenvalue weighted by Gasteiger charge is 2.17. The highest BCUT2D eigenvalue weighted by atomic mass is 35.5. The molecule has 18 heavy (non-hydrogen) atoms. The average molecular weight is 315 g/mol. The predicted octanol–water partition coefficient (Wildman–Crippen LogP) is 2.52. The summed E-state index contributed by atoms with van der Waals surface area (Å²) in [5, 5.41) is 0. The molecule has 3 nitrogen and oxygen atoms in total. The van der Waals surface area contributed by atoms with Gasteiger partial charge in [0, 0.05) is 18.9 Å². The summed E-state index contributed by atoms with van der Waals surface area (Å²) in [5.41, 5.74) is 7.03. The maximum atomic E-state index is 5.67. The van der Waals surface area contributed by atoms with Crippen LogP contribution in [0, 0.1) is 5.92 Å². The molecule has 1 fully saturated rings. The number of pyridine rings is 1. The van der Waals surface area contributed by atoms with Gasteiger partial charge < -0.3 is 5.73 Å². The average Bonchev–Trinajstić information content (AvgIpc) is 2.31. The summed E-state index contributed by atoms with van der Waals surface area (Å²) in [6.45, 7) is 4.28. The van der Waals surface area contributed by atoms with Crippen molar-refractivity contribution in [3.63, 3.8) is 0 Å². The molecule has 2 rings (SSSR count). The number of likely N-dealkylation sites (tertiary alicyclic amines) is 1. The van der Waals surface area contributed by atoms with Crippen LogP contribution < -0.4 is 5.73 Å². The van der Waals surface area contributed by atoms with Crippen molar-refractivity contribution in [2.75, 3.05) is 19.6 Å². The zero-order valence-corrected chi connectivity index (χ0v) is 12.8. The minimum absolute atomic E-state index is 0. The van der Waals surface area contributed by atoms with Crippen LogP contribution in [0.2, 0.25) is 0 Å². The first-order chi connectivity index (χ1) is 7.38. The van der Waals surface area contributed by atoms with Crippen molar-refractivity contribution in [1.82, 2.24) is 9.88 Å². The van der Waals surface area contributed by atoms with Gasteiger partial charge in [0.05, 0.1) is 0 Å². The fraction of sp³-hybridized carbons (Fsp3) is 0.583. The molecule has 1 aliphatic rings.